The second-order valence-corrected chi connectivity index (χ2v) is 8.19. The first kappa shape index (κ1) is 20.9. The van der Waals surface area contributed by atoms with Crippen LogP contribution in [0.25, 0.3) is 0 Å². The van der Waals surface area contributed by atoms with Crippen molar-refractivity contribution in [3.05, 3.63) is 65.7 Å². The normalized spacial score (nSPS) is 19.3. The van der Waals surface area contributed by atoms with Crippen molar-refractivity contribution in [1.29, 1.82) is 0 Å². The van der Waals surface area contributed by atoms with Crippen LogP contribution in [-0.4, -0.2) is 43.0 Å². The molecule has 0 saturated carbocycles. The molecule has 2 unspecified atom stereocenters. The first-order valence-corrected chi connectivity index (χ1v) is 9.86. The Balaban J connectivity index is 1.83. The van der Waals surface area contributed by atoms with E-state index in [4.69, 9.17) is 10.5 Å². The number of hydrogen-bond donors (Lipinski definition) is 2. The van der Waals surface area contributed by atoms with Gasteiger partial charge in [0.05, 0.1) is 7.11 Å². The summed E-state index contributed by atoms with van der Waals surface area (Å²) in [5.41, 5.74) is 7.28. The monoisotopic (exact) mass is 395 g/mol. The van der Waals surface area contributed by atoms with Gasteiger partial charge in [-0.2, -0.15) is 0 Å². The van der Waals surface area contributed by atoms with E-state index >= 15 is 0 Å². The average Bonchev–Trinajstić information content (AvgIpc) is 2.74. The average molecular weight is 396 g/mol. The number of likely N-dealkylation sites (tertiary alicyclic amines) is 1. The summed E-state index contributed by atoms with van der Waals surface area (Å²) in [5.74, 6) is 0.255. The van der Waals surface area contributed by atoms with Gasteiger partial charge in [0, 0.05) is 24.7 Å². The molecule has 2 aromatic carbocycles. The van der Waals surface area contributed by atoms with Crippen LogP contribution >= 0.6 is 0 Å². The lowest BCUT2D eigenvalue weighted by Crippen LogP contribution is -2.56. The smallest absolute Gasteiger partial charge is 0.252 e. The molecule has 0 radical (unpaired) electrons. The molecule has 0 spiro atoms. The lowest BCUT2D eigenvalue weighted by atomic mass is 9.79. The zero-order chi connectivity index (χ0) is 21.0. The van der Waals surface area contributed by atoms with E-state index in [2.05, 4.69) is 19.2 Å². The van der Waals surface area contributed by atoms with Gasteiger partial charge in [-0.1, -0.05) is 44.2 Å². The van der Waals surface area contributed by atoms with Gasteiger partial charge in [0.15, 0.2) is 0 Å². The third kappa shape index (κ3) is 4.77. The fraction of sp³-hybridized carbons (Fsp3) is 0.391. The molecule has 1 aliphatic heterocycles. The number of rotatable bonds is 5. The Morgan fingerprint density at radius 2 is 1.79 bits per heavy atom. The standard InChI is InChI=1S/C23H29N3O3/c1-23(2)15-26(14-13-19(23)24)22(28)20(16-7-5-4-6-8-16)25-21(27)17-9-11-18(29-3)12-10-17/h4-12,19-20H,13-15,24H2,1-3H3,(H,25,27). The molecule has 1 heterocycles. The first-order valence-electron chi connectivity index (χ1n) is 9.86. The summed E-state index contributed by atoms with van der Waals surface area (Å²) in [4.78, 5) is 28.1. The van der Waals surface area contributed by atoms with E-state index in [0.29, 0.717) is 24.4 Å². The van der Waals surface area contributed by atoms with Gasteiger partial charge in [-0.25, -0.2) is 0 Å². The van der Waals surface area contributed by atoms with Crippen molar-refractivity contribution in [3.8, 4) is 5.75 Å². The van der Waals surface area contributed by atoms with Gasteiger partial charge < -0.3 is 20.7 Å². The lowest BCUT2D eigenvalue weighted by Gasteiger charge is -2.43. The first-order chi connectivity index (χ1) is 13.8. The highest BCUT2D eigenvalue weighted by atomic mass is 16.5. The number of piperidine rings is 1. The molecule has 3 rings (SSSR count). The van der Waals surface area contributed by atoms with Gasteiger partial charge in [0.1, 0.15) is 11.8 Å². The van der Waals surface area contributed by atoms with E-state index in [1.165, 1.54) is 0 Å². The summed E-state index contributed by atoms with van der Waals surface area (Å²) in [6.07, 6.45) is 0.743. The third-order valence-corrected chi connectivity index (χ3v) is 5.63. The van der Waals surface area contributed by atoms with Crippen LogP contribution in [0.15, 0.2) is 54.6 Å². The number of nitrogens with zero attached hydrogens (tertiary/aromatic N) is 1. The molecule has 6 nitrogen and oxygen atoms in total. The highest BCUT2D eigenvalue weighted by Crippen LogP contribution is 2.29. The van der Waals surface area contributed by atoms with Crippen LogP contribution in [0.2, 0.25) is 0 Å². The highest BCUT2D eigenvalue weighted by Gasteiger charge is 2.38. The zero-order valence-electron chi connectivity index (χ0n) is 17.2. The Labute approximate surface area is 172 Å². The fourth-order valence-corrected chi connectivity index (χ4v) is 3.63. The minimum Gasteiger partial charge on any atom is -0.497 e. The van der Waals surface area contributed by atoms with Gasteiger partial charge >= 0.3 is 0 Å². The van der Waals surface area contributed by atoms with Gasteiger partial charge in [-0.15, -0.1) is 0 Å². The van der Waals surface area contributed by atoms with Gasteiger partial charge in [-0.05, 0) is 41.7 Å². The maximum absolute atomic E-state index is 13.4. The molecule has 3 N–H and O–H groups in total. The second-order valence-electron chi connectivity index (χ2n) is 8.19. The van der Waals surface area contributed by atoms with Crippen molar-refractivity contribution in [2.24, 2.45) is 11.1 Å². The maximum atomic E-state index is 13.4. The summed E-state index contributed by atoms with van der Waals surface area (Å²) in [6.45, 7) is 5.30. The maximum Gasteiger partial charge on any atom is 0.252 e. The second kappa shape index (κ2) is 8.66. The number of carbonyl (C=O) groups excluding carboxylic acids is 2. The predicted molar refractivity (Wildman–Crippen MR) is 113 cm³/mol. The van der Waals surface area contributed by atoms with Gasteiger partial charge in [-0.3, -0.25) is 9.59 Å². The minimum absolute atomic E-state index is 0.0515. The van der Waals surface area contributed by atoms with Crippen LogP contribution in [0.1, 0.15) is 42.2 Å². The van der Waals surface area contributed by atoms with Crippen LogP contribution in [0, 0.1) is 5.41 Å². The Hall–Kier alpha value is -2.86. The van der Waals surface area contributed by atoms with Crippen molar-refractivity contribution < 1.29 is 14.3 Å². The van der Waals surface area contributed by atoms with Crippen molar-refractivity contribution in [3.63, 3.8) is 0 Å². The molecule has 0 aromatic heterocycles. The fourth-order valence-electron chi connectivity index (χ4n) is 3.63. The topological polar surface area (TPSA) is 84.7 Å². The molecular formula is C23H29N3O3. The molecule has 29 heavy (non-hydrogen) atoms. The number of nitrogens with two attached hydrogens (primary N) is 1. The van der Waals surface area contributed by atoms with Crippen LogP contribution in [0.3, 0.4) is 0 Å². The van der Waals surface area contributed by atoms with E-state index in [1.54, 1.807) is 31.4 Å². The molecule has 6 heteroatoms. The summed E-state index contributed by atoms with van der Waals surface area (Å²) in [5, 5.41) is 2.92. The quantitative estimate of drug-likeness (QED) is 0.815. The van der Waals surface area contributed by atoms with Crippen LogP contribution in [0.4, 0.5) is 0 Å². The van der Waals surface area contributed by atoms with E-state index in [0.717, 1.165) is 12.0 Å². The molecule has 154 valence electrons. The predicted octanol–water partition coefficient (Wildman–Crippen LogP) is 2.75. The Morgan fingerprint density at radius 3 is 2.38 bits per heavy atom. The van der Waals surface area contributed by atoms with Crippen molar-refractivity contribution >= 4 is 11.8 Å². The molecule has 0 bridgehead atoms. The van der Waals surface area contributed by atoms with Crippen LogP contribution in [-0.2, 0) is 4.79 Å². The number of amides is 2. The van der Waals surface area contributed by atoms with E-state index in [1.807, 2.05) is 35.2 Å². The van der Waals surface area contributed by atoms with E-state index in [9.17, 15) is 9.59 Å². The summed E-state index contributed by atoms with van der Waals surface area (Å²) >= 11 is 0. The van der Waals surface area contributed by atoms with Crippen molar-refractivity contribution in [2.45, 2.75) is 32.4 Å². The molecule has 1 fully saturated rings. The number of nitrogens with one attached hydrogen (secondary N) is 1. The van der Waals surface area contributed by atoms with Crippen molar-refractivity contribution in [2.75, 3.05) is 20.2 Å². The Bertz CT molecular complexity index is 849. The van der Waals surface area contributed by atoms with E-state index in [-0.39, 0.29) is 23.3 Å². The van der Waals surface area contributed by atoms with Crippen LogP contribution < -0.4 is 15.8 Å². The van der Waals surface area contributed by atoms with Gasteiger partial charge in [0.25, 0.3) is 5.91 Å². The van der Waals surface area contributed by atoms with Crippen molar-refractivity contribution in [1.82, 2.24) is 10.2 Å². The number of methoxy groups -OCH3 is 1. The summed E-state index contributed by atoms with van der Waals surface area (Å²) in [7, 11) is 1.57. The molecule has 1 saturated heterocycles. The molecule has 2 amide bonds. The molecule has 2 atom stereocenters. The Morgan fingerprint density at radius 1 is 1.14 bits per heavy atom. The Kier molecular flexibility index (Phi) is 6.23. The minimum atomic E-state index is -0.754. The number of hydrogen-bond acceptors (Lipinski definition) is 4. The molecule has 0 aliphatic carbocycles. The summed E-state index contributed by atoms with van der Waals surface area (Å²) < 4.78 is 5.14. The van der Waals surface area contributed by atoms with Gasteiger partial charge in [0.2, 0.25) is 5.91 Å². The number of benzene rings is 2. The molecular weight excluding hydrogens is 366 g/mol. The zero-order valence-corrected chi connectivity index (χ0v) is 17.2. The molecule has 2 aromatic rings. The number of carbonyl (C=O) groups is 2. The number of ether oxygens (including phenoxy) is 1. The van der Waals surface area contributed by atoms with Crippen LogP contribution in [0.5, 0.6) is 5.75 Å². The molecule has 1 aliphatic rings. The lowest BCUT2D eigenvalue weighted by molar-refractivity contribution is -0.136. The highest BCUT2D eigenvalue weighted by molar-refractivity contribution is 5.98. The SMILES string of the molecule is COc1ccc(C(=O)NC(C(=O)N2CCC(N)C(C)(C)C2)c2ccccc2)cc1. The third-order valence-electron chi connectivity index (χ3n) is 5.63. The summed E-state index contributed by atoms with van der Waals surface area (Å²) in [6, 6.07) is 15.5. The van der Waals surface area contributed by atoms with E-state index < -0.39 is 6.04 Å². The largest absolute Gasteiger partial charge is 0.497 e.